The topological polar surface area (TPSA) is 77.6 Å². The standard InChI is InChI=1S/C25H29N3O3/c1-3-28(13-12-19-16-26-23-15-20(31-2)7-9-21(19)23)24-10-6-18-14-17(4-8-22(18)24)5-11-25(29)27-30/h4-5,7-9,11,14-16,24,26,30H,3,6,10,12-13H2,1-2H3,(H,27,29)/b11-5+. The van der Waals surface area contributed by atoms with E-state index in [4.69, 9.17) is 9.94 Å². The van der Waals surface area contributed by atoms with E-state index in [1.807, 2.05) is 18.2 Å². The van der Waals surface area contributed by atoms with Crippen LogP contribution in [0.3, 0.4) is 0 Å². The lowest BCUT2D eigenvalue weighted by molar-refractivity contribution is -0.124. The third kappa shape index (κ3) is 4.50. The number of likely N-dealkylation sites (N-methyl/N-ethyl adjacent to an activating group) is 1. The van der Waals surface area contributed by atoms with Crippen molar-refractivity contribution in [1.82, 2.24) is 15.4 Å². The number of fused-ring (bicyclic) bond motifs is 2. The maximum atomic E-state index is 11.2. The van der Waals surface area contributed by atoms with Gasteiger partial charge in [-0.1, -0.05) is 25.1 Å². The highest BCUT2D eigenvalue weighted by molar-refractivity contribution is 5.90. The number of rotatable bonds is 8. The van der Waals surface area contributed by atoms with E-state index in [2.05, 4.69) is 41.2 Å². The minimum absolute atomic E-state index is 0.420. The lowest BCUT2D eigenvalue weighted by atomic mass is 10.0. The number of hydrogen-bond donors (Lipinski definition) is 3. The number of carbonyl (C=O) groups is 1. The van der Waals surface area contributed by atoms with E-state index < -0.39 is 5.91 Å². The van der Waals surface area contributed by atoms with Gasteiger partial charge in [0.1, 0.15) is 5.75 Å². The van der Waals surface area contributed by atoms with Crippen molar-refractivity contribution in [1.29, 1.82) is 0 Å². The van der Waals surface area contributed by atoms with Gasteiger partial charge in [0.15, 0.2) is 0 Å². The first-order chi connectivity index (χ1) is 15.1. The van der Waals surface area contributed by atoms with Gasteiger partial charge in [0.05, 0.1) is 7.11 Å². The molecule has 1 unspecified atom stereocenters. The fourth-order valence-electron chi connectivity index (χ4n) is 4.60. The van der Waals surface area contributed by atoms with Crippen LogP contribution < -0.4 is 10.2 Å². The minimum Gasteiger partial charge on any atom is -0.497 e. The number of benzene rings is 2. The Kier molecular flexibility index (Phi) is 6.39. The van der Waals surface area contributed by atoms with Crippen molar-refractivity contribution in [3.8, 4) is 5.75 Å². The molecule has 1 atom stereocenters. The molecule has 1 amide bonds. The molecule has 0 radical (unpaired) electrons. The van der Waals surface area contributed by atoms with Crippen molar-refractivity contribution in [3.63, 3.8) is 0 Å². The zero-order chi connectivity index (χ0) is 21.8. The van der Waals surface area contributed by atoms with Crippen molar-refractivity contribution in [2.75, 3.05) is 20.2 Å². The summed E-state index contributed by atoms with van der Waals surface area (Å²) in [4.78, 5) is 17.1. The first kappa shape index (κ1) is 21.2. The molecule has 0 saturated carbocycles. The molecule has 1 aliphatic rings. The number of methoxy groups -OCH3 is 1. The zero-order valence-corrected chi connectivity index (χ0v) is 18.0. The third-order valence-corrected chi connectivity index (χ3v) is 6.24. The summed E-state index contributed by atoms with van der Waals surface area (Å²) in [7, 11) is 1.69. The average molecular weight is 420 g/mol. The predicted octanol–water partition coefficient (Wildman–Crippen LogP) is 4.25. The first-order valence-corrected chi connectivity index (χ1v) is 10.8. The monoisotopic (exact) mass is 419 g/mol. The Bertz CT molecular complexity index is 1100. The van der Waals surface area contributed by atoms with Gasteiger partial charge in [0.2, 0.25) is 0 Å². The lowest BCUT2D eigenvalue weighted by Gasteiger charge is -2.28. The zero-order valence-electron chi connectivity index (χ0n) is 18.0. The molecule has 0 fully saturated rings. The van der Waals surface area contributed by atoms with Crippen LogP contribution in [0.5, 0.6) is 5.75 Å². The van der Waals surface area contributed by atoms with Crippen molar-refractivity contribution < 1.29 is 14.7 Å². The molecule has 6 nitrogen and oxygen atoms in total. The fourth-order valence-corrected chi connectivity index (χ4v) is 4.60. The van der Waals surface area contributed by atoms with Crippen LogP contribution in [0, 0.1) is 0 Å². The number of hydrogen-bond acceptors (Lipinski definition) is 4. The van der Waals surface area contributed by atoms with Crippen molar-refractivity contribution in [3.05, 3.63) is 70.9 Å². The molecule has 0 spiro atoms. The van der Waals surface area contributed by atoms with Gasteiger partial charge in [-0.2, -0.15) is 0 Å². The van der Waals surface area contributed by atoms with Crippen LogP contribution >= 0.6 is 0 Å². The van der Waals surface area contributed by atoms with Gasteiger partial charge in [-0.15, -0.1) is 0 Å². The highest BCUT2D eigenvalue weighted by Gasteiger charge is 2.27. The number of carbonyl (C=O) groups excluding carboxylic acids is 1. The Morgan fingerprint density at radius 3 is 2.97 bits per heavy atom. The van der Waals surface area contributed by atoms with Crippen LogP contribution in [0.1, 0.15) is 41.6 Å². The van der Waals surface area contributed by atoms with Crippen molar-refractivity contribution in [2.45, 2.75) is 32.2 Å². The molecule has 31 heavy (non-hydrogen) atoms. The number of aromatic amines is 1. The Labute approximate surface area is 182 Å². The van der Waals surface area contributed by atoms with E-state index >= 15 is 0 Å². The molecule has 1 aliphatic carbocycles. The quantitative estimate of drug-likeness (QED) is 0.290. The van der Waals surface area contributed by atoms with Crippen molar-refractivity contribution in [2.24, 2.45) is 0 Å². The van der Waals surface area contributed by atoms with E-state index in [0.29, 0.717) is 6.04 Å². The number of nitrogens with one attached hydrogen (secondary N) is 2. The average Bonchev–Trinajstić information content (AvgIpc) is 3.41. The Morgan fingerprint density at radius 2 is 2.19 bits per heavy atom. The smallest absolute Gasteiger partial charge is 0.267 e. The molecule has 1 aromatic heterocycles. The number of hydroxylamine groups is 1. The van der Waals surface area contributed by atoms with Gasteiger partial charge in [-0.3, -0.25) is 14.9 Å². The van der Waals surface area contributed by atoms with Crippen LogP contribution in [-0.4, -0.2) is 41.2 Å². The highest BCUT2D eigenvalue weighted by Crippen LogP contribution is 2.36. The Morgan fingerprint density at radius 1 is 1.32 bits per heavy atom. The molecule has 0 saturated heterocycles. The molecule has 2 aromatic carbocycles. The van der Waals surface area contributed by atoms with Gasteiger partial charge in [0.25, 0.3) is 5.91 Å². The SMILES string of the molecule is CCN(CCc1c[nH]c2cc(OC)ccc12)C1CCc2cc(/C=C/C(=O)NO)ccc21. The van der Waals surface area contributed by atoms with Gasteiger partial charge >= 0.3 is 0 Å². The maximum Gasteiger partial charge on any atom is 0.267 e. The van der Waals surface area contributed by atoms with Crippen LogP contribution in [0.4, 0.5) is 0 Å². The summed E-state index contributed by atoms with van der Waals surface area (Å²) in [5, 5.41) is 9.88. The van der Waals surface area contributed by atoms with Crippen LogP contribution in [0.15, 0.2) is 48.7 Å². The minimum atomic E-state index is -0.522. The number of amides is 1. The Balaban J connectivity index is 1.46. The summed E-state index contributed by atoms with van der Waals surface area (Å²) in [5.74, 6) is 0.344. The highest BCUT2D eigenvalue weighted by atomic mass is 16.5. The molecule has 1 heterocycles. The molecule has 0 aliphatic heterocycles. The molecule has 162 valence electrons. The molecule has 0 bridgehead atoms. The maximum absolute atomic E-state index is 11.2. The Hall–Kier alpha value is -3.09. The summed E-state index contributed by atoms with van der Waals surface area (Å²) in [5.41, 5.74) is 7.76. The molecule has 3 aromatic rings. The van der Waals surface area contributed by atoms with Gasteiger partial charge in [0, 0.05) is 41.8 Å². The molecular formula is C25H29N3O3. The largest absolute Gasteiger partial charge is 0.497 e. The number of ether oxygens (including phenoxy) is 1. The summed E-state index contributed by atoms with van der Waals surface area (Å²) in [6.07, 6.45) is 8.31. The first-order valence-electron chi connectivity index (χ1n) is 10.8. The van der Waals surface area contributed by atoms with Crippen LogP contribution in [0.2, 0.25) is 0 Å². The van der Waals surface area contributed by atoms with Crippen LogP contribution in [-0.2, 0) is 17.6 Å². The lowest BCUT2D eigenvalue weighted by Crippen LogP contribution is -2.29. The van der Waals surface area contributed by atoms with Gasteiger partial charge < -0.3 is 9.72 Å². The second-order valence-corrected chi connectivity index (χ2v) is 7.93. The van der Waals surface area contributed by atoms with E-state index in [1.165, 1.54) is 28.2 Å². The molecule has 4 rings (SSSR count). The van der Waals surface area contributed by atoms with Gasteiger partial charge in [-0.25, -0.2) is 5.48 Å². The molecular weight excluding hydrogens is 390 g/mol. The summed E-state index contributed by atoms with van der Waals surface area (Å²) < 4.78 is 5.33. The van der Waals surface area contributed by atoms with Crippen molar-refractivity contribution >= 4 is 22.9 Å². The third-order valence-electron chi connectivity index (χ3n) is 6.24. The van der Waals surface area contributed by atoms with E-state index in [9.17, 15) is 4.79 Å². The van der Waals surface area contributed by atoms with Gasteiger partial charge in [-0.05, 0) is 66.3 Å². The molecule has 6 heteroatoms. The summed E-state index contributed by atoms with van der Waals surface area (Å²) >= 11 is 0. The number of H-pyrrole nitrogens is 1. The predicted molar refractivity (Wildman–Crippen MR) is 122 cm³/mol. The van der Waals surface area contributed by atoms with E-state index in [1.54, 1.807) is 18.7 Å². The van der Waals surface area contributed by atoms with Crippen LogP contribution in [0.25, 0.3) is 17.0 Å². The normalized spacial score (nSPS) is 15.7. The summed E-state index contributed by atoms with van der Waals surface area (Å²) in [6.45, 7) is 4.22. The number of aromatic nitrogens is 1. The number of aryl methyl sites for hydroxylation is 1. The molecule has 3 N–H and O–H groups in total. The number of nitrogens with zero attached hydrogens (tertiary/aromatic N) is 1. The van der Waals surface area contributed by atoms with E-state index in [-0.39, 0.29) is 0 Å². The fraction of sp³-hybridized carbons (Fsp3) is 0.320. The van der Waals surface area contributed by atoms with E-state index in [0.717, 1.165) is 49.2 Å². The second-order valence-electron chi connectivity index (χ2n) is 7.93. The summed E-state index contributed by atoms with van der Waals surface area (Å²) in [6, 6.07) is 13.0. The second kappa shape index (κ2) is 9.37.